The van der Waals surface area contributed by atoms with Crippen molar-refractivity contribution >= 4 is 11.8 Å². The summed E-state index contributed by atoms with van der Waals surface area (Å²) in [7, 11) is 0. The highest BCUT2D eigenvalue weighted by atomic mass is 16.5. The van der Waals surface area contributed by atoms with E-state index in [2.05, 4.69) is 0 Å². The van der Waals surface area contributed by atoms with Gasteiger partial charge in [0.1, 0.15) is 12.4 Å². The second-order valence-corrected chi connectivity index (χ2v) is 7.90. The van der Waals surface area contributed by atoms with Crippen LogP contribution in [0.25, 0.3) is 0 Å². The van der Waals surface area contributed by atoms with Gasteiger partial charge in [0.25, 0.3) is 11.8 Å². The third-order valence-corrected chi connectivity index (χ3v) is 5.78. The van der Waals surface area contributed by atoms with Crippen LogP contribution in [-0.2, 0) is 4.74 Å². The van der Waals surface area contributed by atoms with Gasteiger partial charge in [0, 0.05) is 30.8 Å². The monoisotopic (exact) mass is 408 g/mol. The zero-order valence-electron chi connectivity index (χ0n) is 17.4. The summed E-state index contributed by atoms with van der Waals surface area (Å²) in [6.07, 6.45) is 1.92. The molecule has 2 aliphatic rings. The summed E-state index contributed by atoms with van der Waals surface area (Å²) in [5.74, 6) is 0.797. The number of amides is 2. The predicted octanol–water partition coefficient (Wildman–Crippen LogP) is 3.15. The second kappa shape index (κ2) is 9.30. The van der Waals surface area contributed by atoms with E-state index in [1.54, 1.807) is 12.1 Å². The van der Waals surface area contributed by atoms with Crippen LogP contribution >= 0.6 is 0 Å². The lowest BCUT2D eigenvalue weighted by molar-refractivity contribution is 0.0303. The summed E-state index contributed by atoms with van der Waals surface area (Å²) < 4.78 is 11.3. The number of ether oxygens (including phenoxy) is 2. The molecule has 0 aromatic heterocycles. The number of likely N-dealkylation sites (tertiary alicyclic amines) is 1. The van der Waals surface area contributed by atoms with Crippen LogP contribution in [0.5, 0.6) is 5.75 Å². The van der Waals surface area contributed by atoms with Crippen molar-refractivity contribution in [2.45, 2.75) is 25.8 Å². The van der Waals surface area contributed by atoms with Crippen molar-refractivity contribution in [1.29, 1.82) is 0 Å². The molecule has 2 fully saturated rings. The molecule has 0 saturated carbocycles. The number of carbonyl (C=O) groups is 2. The fourth-order valence-electron chi connectivity index (χ4n) is 3.97. The standard InChI is InChI=1S/C24H28N2O4/c1-18-4-6-20(7-5-18)24(28)26-12-2-3-21(26)17-30-22-10-8-19(9-11-22)23(27)25-13-15-29-16-14-25/h4-11,21H,2-3,12-17H2,1H3/t21-/m0/s1. The molecule has 0 radical (unpaired) electrons. The Morgan fingerprint density at radius 1 is 0.933 bits per heavy atom. The number of hydrogen-bond donors (Lipinski definition) is 0. The van der Waals surface area contributed by atoms with Gasteiger partial charge in [0.15, 0.2) is 0 Å². The molecule has 2 aliphatic heterocycles. The van der Waals surface area contributed by atoms with E-state index in [1.807, 2.05) is 53.1 Å². The summed E-state index contributed by atoms with van der Waals surface area (Å²) in [6, 6.07) is 15.0. The Hall–Kier alpha value is -2.86. The van der Waals surface area contributed by atoms with E-state index in [1.165, 1.54) is 0 Å². The van der Waals surface area contributed by atoms with Gasteiger partial charge in [0.05, 0.1) is 19.3 Å². The highest BCUT2D eigenvalue weighted by Gasteiger charge is 2.30. The summed E-state index contributed by atoms with van der Waals surface area (Å²) >= 11 is 0. The van der Waals surface area contributed by atoms with Gasteiger partial charge in [-0.15, -0.1) is 0 Å². The van der Waals surface area contributed by atoms with Crippen molar-refractivity contribution in [2.24, 2.45) is 0 Å². The van der Waals surface area contributed by atoms with Crippen LogP contribution < -0.4 is 4.74 Å². The lowest BCUT2D eigenvalue weighted by Crippen LogP contribution is -2.40. The summed E-state index contributed by atoms with van der Waals surface area (Å²) in [5.41, 5.74) is 2.52. The number of hydrogen-bond acceptors (Lipinski definition) is 4. The molecule has 1 atom stereocenters. The van der Waals surface area contributed by atoms with Crippen LogP contribution in [0.4, 0.5) is 0 Å². The van der Waals surface area contributed by atoms with E-state index in [0.29, 0.717) is 44.2 Å². The maximum atomic E-state index is 12.9. The van der Waals surface area contributed by atoms with Crippen LogP contribution in [0.2, 0.25) is 0 Å². The van der Waals surface area contributed by atoms with E-state index < -0.39 is 0 Å². The minimum atomic E-state index is 0.0236. The van der Waals surface area contributed by atoms with Gasteiger partial charge in [-0.1, -0.05) is 17.7 Å². The van der Waals surface area contributed by atoms with Crippen molar-refractivity contribution in [1.82, 2.24) is 9.80 Å². The van der Waals surface area contributed by atoms with Gasteiger partial charge in [-0.2, -0.15) is 0 Å². The van der Waals surface area contributed by atoms with Crippen molar-refractivity contribution in [2.75, 3.05) is 39.5 Å². The van der Waals surface area contributed by atoms with Crippen molar-refractivity contribution in [3.05, 3.63) is 65.2 Å². The fraction of sp³-hybridized carbons (Fsp3) is 0.417. The van der Waals surface area contributed by atoms with E-state index in [0.717, 1.165) is 30.5 Å². The van der Waals surface area contributed by atoms with Crippen LogP contribution in [0.15, 0.2) is 48.5 Å². The Balaban J connectivity index is 1.34. The Kier molecular flexibility index (Phi) is 6.33. The van der Waals surface area contributed by atoms with Crippen molar-refractivity contribution in [3.8, 4) is 5.75 Å². The molecule has 2 heterocycles. The van der Waals surface area contributed by atoms with Gasteiger partial charge < -0.3 is 19.3 Å². The Morgan fingerprint density at radius 2 is 1.57 bits per heavy atom. The van der Waals surface area contributed by atoms with Crippen LogP contribution in [0.1, 0.15) is 39.1 Å². The van der Waals surface area contributed by atoms with Gasteiger partial charge in [-0.25, -0.2) is 0 Å². The molecule has 6 nitrogen and oxygen atoms in total. The van der Waals surface area contributed by atoms with Crippen molar-refractivity contribution < 1.29 is 19.1 Å². The predicted molar refractivity (Wildman–Crippen MR) is 114 cm³/mol. The molecule has 0 spiro atoms. The first-order valence-corrected chi connectivity index (χ1v) is 10.6. The molecule has 2 saturated heterocycles. The molecule has 158 valence electrons. The lowest BCUT2D eigenvalue weighted by Gasteiger charge is -2.27. The smallest absolute Gasteiger partial charge is 0.254 e. The first-order chi connectivity index (χ1) is 14.6. The van der Waals surface area contributed by atoms with E-state index in [4.69, 9.17) is 9.47 Å². The zero-order chi connectivity index (χ0) is 20.9. The highest BCUT2D eigenvalue weighted by molar-refractivity contribution is 5.95. The maximum Gasteiger partial charge on any atom is 0.254 e. The lowest BCUT2D eigenvalue weighted by atomic mass is 10.1. The quantitative estimate of drug-likeness (QED) is 0.763. The topological polar surface area (TPSA) is 59.1 Å². The average Bonchev–Trinajstić information content (AvgIpc) is 3.27. The Morgan fingerprint density at radius 3 is 2.27 bits per heavy atom. The SMILES string of the molecule is Cc1ccc(C(=O)N2CCC[C@H]2COc2ccc(C(=O)N3CCOCC3)cc2)cc1. The highest BCUT2D eigenvalue weighted by Crippen LogP contribution is 2.22. The summed E-state index contributed by atoms with van der Waals surface area (Å²) in [5, 5.41) is 0. The number of benzene rings is 2. The number of carbonyl (C=O) groups excluding carboxylic acids is 2. The maximum absolute atomic E-state index is 12.9. The minimum Gasteiger partial charge on any atom is -0.491 e. The van der Waals surface area contributed by atoms with Gasteiger partial charge in [-0.3, -0.25) is 9.59 Å². The molecule has 2 aromatic carbocycles. The third kappa shape index (κ3) is 4.65. The number of morpholine rings is 1. The summed E-state index contributed by atoms with van der Waals surface area (Å²) in [4.78, 5) is 29.1. The number of aryl methyl sites for hydroxylation is 1. The zero-order valence-corrected chi connectivity index (χ0v) is 17.4. The number of rotatable bonds is 5. The second-order valence-electron chi connectivity index (χ2n) is 7.90. The van der Waals surface area contributed by atoms with E-state index in [9.17, 15) is 9.59 Å². The molecule has 4 rings (SSSR count). The normalized spacial score (nSPS) is 19.0. The molecule has 2 aromatic rings. The number of nitrogens with zero attached hydrogens (tertiary/aromatic N) is 2. The Labute approximate surface area is 177 Å². The third-order valence-electron chi connectivity index (χ3n) is 5.78. The van der Waals surface area contributed by atoms with E-state index in [-0.39, 0.29) is 17.9 Å². The molecule has 6 heteroatoms. The van der Waals surface area contributed by atoms with Crippen molar-refractivity contribution in [3.63, 3.8) is 0 Å². The molecule has 2 amide bonds. The van der Waals surface area contributed by atoms with Crippen LogP contribution in [-0.4, -0.2) is 67.1 Å². The molecule has 30 heavy (non-hydrogen) atoms. The molecule has 0 N–H and O–H groups in total. The summed E-state index contributed by atoms with van der Waals surface area (Å²) in [6.45, 7) is 5.66. The van der Waals surface area contributed by atoms with Gasteiger partial charge in [-0.05, 0) is 56.2 Å². The molecule has 0 bridgehead atoms. The van der Waals surface area contributed by atoms with Gasteiger partial charge in [0.2, 0.25) is 0 Å². The van der Waals surface area contributed by atoms with E-state index >= 15 is 0 Å². The first-order valence-electron chi connectivity index (χ1n) is 10.6. The first kappa shape index (κ1) is 20.4. The van der Waals surface area contributed by atoms with Crippen LogP contribution in [0.3, 0.4) is 0 Å². The van der Waals surface area contributed by atoms with Crippen LogP contribution in [0, 0.1) is 6.92 Å². The van der Waals surface area contributed by atoms with Gasteiger partial charge >= 0.3 is 0 Å². The fourth-order valence-corrected chi connectivity index (χ4v) is 3.97. The molecular formula is C24H28N2O4. The Bertz CT molecular complexity index is 873. The average molecular weight is 408 g/mol. The minimum absolute atomic E-state index is 0.0236. The largest absolute Gasteiger partial charge is 0.491 e. The molecular weight excluding hydrogens is 380 g/mol. The molecule has 0 aliphatic carbocycles. The molecule has 0 unspecified atom stereocenters.